The second kappa shape index (κ2) is 13.1. The number of amides is 2. The van der Waals surface area contributed by atoms with Crippen molar-refractivity contribution in [2.75, 3.05) is 5.75 Å². The molecule has 2 amide bonds. The lowest BCUT2D eigenvalue weighted by molar-refractivity contribution is -0.143. The van der Waals surface area contributed by atoms with Crippen molar-refractivity contribution in [3.8, 4) is 0 Å². The molecule has 1 saturated carbocycles. The van der Waals surface area contributed by atoms with Crippen molar-refractivity contribution in [2.24, 2.45) is 12.5 Å². The number of Topliss-reactive ketones (excluding diaryl/α,β-unsaturated/α-hetero) is 1. The Kier molecular flexibility index (Phi) is 10.2. The van der Waals surface area contributed by atoms with Gasteiger partial charge in [0.05, 0.1) is 6.04 Å². The van der Waals surface area contributed by atoms with E-state index >= 15 is 0 Å². The number of unbranched alkanes of at least 4 members (excludes halogenated alkanes) is 1. The van der Waals surface area contributed by atoms with E-state index in [2.05, 4.69) is 15.6 Å². The van der Waals surface area contributed by atoms with Crippen molar-refractivity contribution in [1.82, 2.24) is 20.2 Å². The van der Waals surface area contributed by atoms with E-state index in [9.17, 15) is 19.5 Å². The predicted octanol–water partition coefficient (Wildman–Crippen LogP) is 5.50. The third-order valence-electron chi connectivity index (χ3n) is 7.54. The van der Waals surface area contributed by atoms with Crippen LogP contribution in [0.25, 0.3) is 0 Å². The van der Waals surface area contributed by atoms with E-state index in [0.29, 0.717) is 19.3 Å². The molecule has 37 heavy (non-hydrogen) atoms. The van der Waals surface area contributed by atoms with Crippen LogP contribution in [0.4, 0.5) is 4.79 Å². The van der Waals surface area contributed by atoms with Crippen LogP contribution in [0.2, 0.25) is 0 Å². The number of imidazole rings is 1. The first-order valence-electron chi connectivity index (χ1n) is 13.2. The molecule has 0 saturated heterocycles. The van der Waals surface area contributed by atoms with Gasteiger partial charge in [0.25, 0.3) is 5.91 Å². The summed E-state index contributed by atoms with van der Waals surface area (Å²) >= 11 is 1.70. The maximum Gasteiger partial charge on any atom is 0.405 e. The third kappa shape index (κ3) is 7.60. The van der Waals surface area contributed by atoms with Crippen LogP contribution in [0.5, 0.6) is 0 Å². The van der Waals surface area contributed by atoms with Crippen LogP contribution in [-0.4, -0.2) is 43.7 Å². The Hall–Kier alpha value is -2.81. The zero-order valence-electron chi connectivity index (χ0n) is 22.2. The Bertz CT molecular complexity index is 1050. The molecule has 0 aliphatic heterocycles. The highest BCUT2D eigenvalue weighted by atomic mass is 32.2. The molecule has 1 aromatic heterocycles. The van der Waals surface area contributed by atoms with Gasteiger partial charge in [-0.05, 0) is 56.4 Å². The number of benzene rings is 1. The van der Waals surface area contributed by atoms with Crippen molar-refractivity contribution < 1.29 is 19.5 Å². The van der Waals surface area contributed by atoms with Gasteiger partial charge >= 0.3 is 6.09 Å². The molecule has 2 atom stereocenters. The molecule has 0 bridgehead atoms. The number of thioether (sulfide) groups is 1. The summed E-state index contributed by atoms with van der Waals surface area (Å²) in [7, 11) is 1.97. The van der Waals surface area contributed by atoms with Gasteiger partial charge in [-0.1, -0.05) is 68.3 Å². The molecule has 0 radical (unpaired) electrons. The third-order valence-corrected chi connectivity index (χ3v) is 8.69. The average molecular weight is 529 g/mol. The molecule has 1 unspecified atom stereocenters. The summed E-state index contributed by atoms with van der Waals surface area (Å²) in [6, 6.07) is 9.06. The summed E-state index contributed by atoms with van der Waals surface area (Å²) in [5.41, 5.74) is -0.704. The molecule has 3 rings (SSSR count). The van der Waals surface area contributed by atoms with Crippen LogP contribution < -0.4 is 10.6 Å². The zero-order valence-corrected chi connectivity index (χ0v) is 23.0. The smallest absolute Gasteiger partial charge is 0.405 e. The first kappa shape index (κ1) is 28.8. The van der Waals surface area contributed by atoms with E-state index in [0.717, 1.165) is 55.0 Å². The van der Waals surface area contributed by atoms with Crippen LogP contribution in [0.15, 0.2) is 47.9 Å². The minimum Gasteiger partial charge on any atom is -0.465 e. The van der Waals surface area contributed by atoms with Gasteiger partial charge in [0.1, 0.15) is 5.54 Å². The topological polar surface area (TPSA) is 113 Å². The predicted molar refractivity (Wildman–Crippen MR) is 145 cm³/mol. The second-order valence-corrected chi connectivity index (χ2v) is 11.4. The molecule has 1 fully saturated rings. The highest BCUT2D eigenvalue weighted by Crippen LogP contribution is 2.51. The van der Waals surface area contributed by atoms with Gasteiger partial charge in [-0.15, -0.1) is 0 Å². The lowest BCUT2D eigenvalue weighted by Gasteiger charge is -2.48. The number of nitrogens with zero attached hydrogens (tertiary/aromatic N) is 2. The van der Waals surface area contributed by atoms with E-state index < -0.39 is 23.3 Å². The van der Waals surface area contributed by atoms with Crippen LogP contribution in [0.1, 0.15) is 83.2 Å². The molecule has 0 spiro atoms. The Labute approximate surface area is 224 Å². The van der Waals surface area contributed by atoms with Gasteiger partial charge in [0, 0.05) is 25.2 Å². The maximum atomic E-state index is 13.8. The van der Waals surface area contributed by atoms with Gasteiger partial charge in [-0.3, -0.25) is 9.59 Å². The summed E-state index contributed by atoms with van der Waals surface area (Å²) in [6.45, 7) is 3.83. The molecule has 1 heterocycles. The van der Waals surface area contributed by atoms with E-state index in [1.54, 1.807) is 18.0 Å². The number of carbonyl (C=O) groups is 3. The molecule has 3 N–H and O–H groups in total. The lowest BCUT2D eigenvalue weighted by Crippen LogP contribution is -2.61. The fraction of sp³-hybridized carbons (Fsp3) is 0.571. The maximum absolute atomic E-state index is 13.8. The van der Waals surface area contributed by atoms with Crippen molar-refractivity contribution in [2.45, 2.75) is 88.4 Å². The Morgan fingerprint density at radius 2 is 1.95 bits per heavy atom. The highest BCUT2D eigenvalue weighted by molar-refractivity contribution is 7.99. The minimum atomic E-state index is -1.43. The van der Waals surface area contributed by atoms with Crippen LogP contribution >= 0.6 is 11.8 Å². The molecule has 2 aromatic rings. The normalized spacial score (nSPS) is 16.7. The number of hydrogen-bond donors (Lipinski definition) is 3. The quantitative estimate of drug-likeness (QED) is 0.160. The van der Waals surface area contributed by atoms with Gasteiger partial charge < -0.3 is 20.3 Å². The van der Waals surface area contributed by atoms with Crippen molar-refractivity contribution in [3.05, 3.63) is 48.3 Å². The largest absolute Gasteiger partial charge is 0.465 e. The number of rotatable bonds is 15. The lowest BCUT2D eigenvalue weighted by atomic mass is 9.59. The number of carboxylic acid groups (broad SMARTS) is 1. The first-order chi connectivity index (χ1) is 17.7. The number of aromatic nitrogens is 2. The van der Waals surface area contributed by atoms with Crippen molar-refractivity contribution >= 4 is 29.5 Å². The van der Waals surface area contributed by atoms with Gasteiger partial charge in [0.15, 0.2) is 5.16 Å². The molecule has 9 heteroatoms. The van der Waals surface area contributed by atoms with Crippen LogP contribution in [-0.2, 0) is 16.6 Å². The van der Waals surface area contributed by atoms with Gasteiger partial charge in [-0.2, -0.15) is 0 Å². The fourth-order valence-electron chi connectivity index (χ4n) is 5.37. The zero-order chi connectivity index (χ0) is 26.9. The van der Waals surface area contributed by atoms with E-state index in [-0.39, 0.29) is 11.5 Å². The summed E-state index contributed by atoms with van der Waals surface area (Å²) in [6.07, 6.45) is 9.28. The fourth-order valence-corrected chi connectivity index (χ4v) is 6.24. The van der Waals surface area contributed by atoms with E-state index in [1.807, 2.05) is 62.0 Å². The van der Waals surface area contributed by atoms with Crippen LogP contribution in [0.3, 0.4) is 0 Å². The molecule has 8 nitrogen and oxygen atoms in total. The molecular formula is C28H40N4O4S. The van der Waals surface area contributed by atoms with Gasteiger partial charge in [0.2, 0.25) is 5.78 Å². The van der Waals surface area contributed by atoms with E-state index in [1.165, 1.54) is 0 Å². The first-order valence-corrected chi connectivity index (χ1v) is 14.2. The Morgan fingerprint density at radius 3 is 2.51 bits per heavy atom. The number of carbonyl (C=O) groups excluding carboxylic acids is 2. The monoisotopic (exact) mass is 528 g/mol. The Morgan fingerprint density at radius 1 is 1.22 bits per heavy atom. The summed E-state index contributed by atoms with van der Waals surface area (Å²) < 4.78 is 1.99. The standard InChI is InChI=1S/C28H40N4O4S/c1-4-5-16-28(31-26(35)36,23(33)24(34)30-21(2)22-11-7-6-8-12-22)20-27(13-9-14-27)15-10-19-37-25-29-17-18-32(25)3/h6-8,11-12,17-18,21,31H,4-5,9-10,13-16,19-20H2,1-3H3,(H,30,34)(H,35,36)/t21-,28?/m1/s1. The average Bonchev–Trinajstić information content (AvgIpc) is 3.27. The highest BCUT2D eigenvalue weighted by Gasteiger charge is 2.50. The molecule has 1 aliphatic rings. The number of nitrogens with one attached hydrogen (secondary N) is 2. The molecule has 1 aromatic carbocycles. The molecular weight excluding hydrogens is 488 g/mol. The van der Waals surface area contributed by atoms with Crippen molar-refractivity contribution in [3.63, 3.8) is 0 Å². The Balaban J connectivity index is 1.75. The van der Waals surface area contributed by atoms with Crippen molar-refractivity contribution in [1.29, 1.82) is 0 Å². The summed E-state index contributed by atoms with van der Waals surface area (Å²) in [5, 5.41) is 16.1. The summed E-state index contributed by atoms with van der Waals surface area (Å²) in [5.74, 6) is -0.523. The number of ketones is 1. The van der Waals surface area contributed by atoms with Gasteiger partial charge in [-0.25, -0.2) is 9.78 Å². The van der Waals surface area contributed by atoms with E-state index in [4.69, 9.17) is 0 Å². The number of hydrogen-bond acceptors (Lipinski definition) is 5. The summed E-state index contributed by atoms with van der Waals surface area (Å²) in [4.78, 5) is 43.3. The molecule has 202 valence electrons. The van der Waals surface area contributed by atoms with Crippen LogP contribution in [0, 0.1) is 5.41 Å². The number of aryl methyl sites for hydroxylation is 1. The molecule has 1 aliphatic carbocycles. The second-order valence-electron chi connectivity index (χ2n) is 10.4. The SMILES string of the molecule is CCCCC(CC1(CCCSc2nccn2C)CCC1)(NC(=O)O)C(=O)C(=O)N[C@H](C)c1ccccc1. The minimum absolute atomic E-state index is 0.153.